The molecule has 0 aromatic heterocycles. The summed E-state index contributed by atoms with van der Waals surface area (Å²) >= 11 is 0. The number of rotatable bonds is 5. The first kappa shape index (κ1) is 14.0. The van der Waals surface area contributed by atoms with E-state index < -0.39 is 0 Å². The van der Waals surface area contributed by atoms with E-state index in [1.807, 2.05) is 6.07 Å². The third kappa shape index (κ3) is 3.56. The van der Waals surface area contributed by atoms with E-state index in [0.29, 0.717) is 6.04 Å². The number of likely N-dealkylation sites (tertiary alicyclic amines) is 1. The van der Waals surface area contributed by atoms with Crippen LogP contribution in [-0.4, -0.2) is 29.6 Å². The van der Waals surface area contributed by atoms with E-state index in [0.717, 1.165) is 32.5 Å². The van der Waals surface area contributed by atoms with E-state index in [9.17, 15) is 5.26 Å². The third-order valence-corrected chi connectivity index (χ3v) is 3.95. The van der Waals surface area contributed by atoms with E-state index in [1.54, 1.807) is 0 Å². The molecule has 1 aromatic carbocycles. The normalized spacial score (nSPS) is 25.1. The minimum absolute atomic E-state index is 0.357. The van der Waals surface area contributed by atoms with Gasteiger partial charge in [0.15, 0.2) is 0 Å². The molecule has 2 unspecified atom stereocenters. The lowest BCUT2D eigenvalue weighted by molar-refractivity contribution is 0.292. The van der Waals surface area contributed by atoms with Gasteiger partial charge in [0.1, 0.15) is 5.54 Å². The smallest absolute Gasteiger partial charge is 0.120 e. The lowest BCUT2D eigenvalue weighted by Crippen LogP contribution is -2.50. The van der Waals surface area contributed by atoms with Gasteiger partial charge in [-0.25, -0.2) is 0 Å². The highest BCUT2D eigenvalue weighted by Gasteiger charge is 2.38. The van der Waals surface area contributed by atoms with Gasteiger partial charge >= 0.3 is 0 Å². The molecular formula is C16H23N3. The van der Waals surface area contributed by atoms with Gasteiger partial charge in [-0.2, -0.15) is 5.26 Å². The fourth-order valence-corrected chi connectivity index (χ4v) is 2.68. The molecule has 0 amide bonds. The molecule has 0 aliphatic carbocycles. The monoisotopic (exact) mass is 257 g/mol. The van der Waals surface area contributed by atoms with Crippen LogP contribution in [0.15, 0.2) is 30.3 Å². The Morgan fingerprint density at radius 1 is 1.42 bits per heavy atom. The molecule has 2 atom stereocenters. The molecule has 102 valence electrons. The van der Waals surface area contributed by atoms with Crippen LogP contribution in [0, 0.1) is 11.3 Å². The topological polar surface area (TPSA) is 39.1 Å². The van der Waals surface area contributed by atoms with Crippen molar-refractivity contribution in [3.8, 4) is 6.07 Å². The fraction of sp³-hybridized carbons (Fsp3) is 0.562. The van der Waals surface area contributed by atoms with E-state index in [4.69, 9.17) is 0 Å². The Labute approximate surface area is 116 Å². The van der Waals surface area contributed by atoms with Crippen molar-refractivity contribution in [1.82, 2.24) is 10.2 Å². The van der Waals surface area contributed by atoms with Gasteiger partial charge in [0.25, 0.3) is 0 Å². The van der Waals surface area contributed by atoms with Gasteiger partial charge in [-0.1, -0.05) is 37.3 Å². The Hall–Kier alpha value is -1.37. The number of nitrogens with zero attached hydrogens (tertiary/aromatic N) is 2. The maximum Gasteiger partial charge on any atom is 0.120 e. The number of benzene rings is 1. The van der Waals surface area contributed by atoms with Crippen LogP contribution < -0.4 is 5.32 Å². The van der Waals surface area contributed by atoms with Crippen LogP contribution in [-0.2, 0) is 6.54 Å². The van der Waals surface area contributed by atoms with Gasteiger partial charge in [-0.15, -0.1) is 0 Å². The average molecular weight is 257 g/mol. The molecule has 1 saturated heterocycles. The van der Waals surface area contributed by atoms with Crippen molar-refractivity contribution in [3.05, 3.63) is 35.9 Å². The van der Waals surface area contributed by atoms with E-state index in [2.05, 4.69) is 54.4 Å². The van der Waals surface area contributed by atoms with Crippen LogP contribution in [0.4, 0.5) is 0 Å². The highest BCUT2D eigenvalue weighted by atomic mass is 15.2. The molecule has 0 spiro atoms. The van der Waals surface area contributed by atoms with Crippen LogP contribution in [0.3, 0.4) is 0 Å². The van der Waals surface area contributed by atoms with Gasteiger partial charge in [-0.3, -0.25) is 10.2 Å². The van der Waals surface area contributed by atoms with Gasteiger partial charge in [0.2, 0.25) is 0 Å². The molecule has 0 saturated carbocycles. The number of hydrogen-bond acceptors (Lipinski definition) is 3. The predicted molar refractivity (Wildman–Crippen MR) is 77.6 cm³/mol. The lowest BCUT2D eigenvalue weighted by atomic mass is 9.99. The zero-order valence-corrected chi connectivity index (χ0v) is 11.9. The van der Waals surface area contributed by atoms with Crippen LogP contribution in [0.1, 0.15) is 32.3 Å². The molecule has 19 heavy (non-hydrogen) atoms. The summed E-state index contributed by atoms with van der Waals surface area (Å²) < 4.78 is 0. The Bertz CT molecular complexity index is 437. The molecule has 1 N–H and O–H groups in total. The second-order valence-corrected chi connectivity index (χ2v) is 5.59. The van der Waals surface area contributed by atoms with Crippen LogP contribution in [0.25, 0.3) is 0 Å². The first-order valence-electron chi connectivity index (χ1n) is 7.13. The standard InChI is InChI=1S/C16H23N3/c1-3-14(2)18-16(12-17)9-10-19(13-16)11-15-7-5-4-6-8-15/h4-8,14,18H,3,9-11,13H2,1-2H3. The van der Waals surface area contributed by atoms with Crippen molar-refractivity contribution >= 4 is 0 Å². The van der Waals surface area contributed by atoms with Crippen LogP contribution in [0.5, 0.6) is 0 Å². The summed E-state index contributed by atoms with van der Waals surface area (Å²) in [5.74, 6) is 0. The Morgan fingerprint density at radius 2 is 2.16 bits per heavy atom. The molecule has 2 rings (SSSR count). The number of hydrogen-bond donors (Lipinski definition) is 1. The van der Waals surface area contributed by atoms with Gasteiger partial charge in [-0.05, 0) is 25.3 Å². The minimum Gasteiger partial charge on any atom is -0.296 e. The third-order valence-electron chi connectivity index (χ3n) is 3.95. The predicted octanol–water partition coefficient (Wildman–Crippen LogP) is 2.54. The molecule has 1 fully saturated rings. The molecular weight excluding hydrogens is 234 g/mol. The second kappa shape index (κ2) is 6.18. The fourth-order valence-electron chi connectivity index (χ4n) is 2.68. The van der Waals surface area contributed by atoms with Crippen molar-refractivity contribution in [2.24, 2.45) is 0 Å². The minimum atomic E-state index is -0.357. The lowest BCUT2D eigenvalue weighted by Gasteiger charge is -2.27. The maximum atomic E-state index is 9.51. The van der Waals surface area contributed by atoms with Crippen molar-refractivity contribution < 1.29 is 0 Å². The van der Waals surface area contributed by atoms with Gasteiger partial charge in [0.05, 0.1) is 6.07 Å². The molecule has 0 radical (unpaired) electrons. The maximum absolute atomic E-state index is 9.51. The van der Waals surface area contributed by atoms with E-state index in [1.165, 1.54) is 5.56 Å². The number of nitrogens with one attached hydrogen (secondary N) is 1. The van der Waals surface area contributed by atoms with Crippen LogP contribution in [0.2, 0.25) is 0 Å². The quantitative estimate of drug-likeness (QED) is 0.881. The summed E-state index contributed by atoms with van der Waals surface area (Å²) in [5.41, 5.74) is 0.962. The van der Waals surface area contributed by atoms with E-state index >= 15 is 0 Å². The largest absolute Gasteiger partial charge is 0.296 e. The van der Waals surface area contributed by atoms with E-state index in [-0.39, 0.29) is 5.54 Å². The summed E-state index contributed by atoms with van der Waals surface area (Å²) in [6.45, 7) is 7.06. The molecule has 1 aliphatic heterocycles. The van der Waals surface area contributed by atoms with Crippen molar-refractivity contribution in [1.29, 1.82) is 5.26 Å². The summed E-state index contributed by atoms with van der Waals surface area (Å²) in [4.78, 5) is 2.37. The van der Waals surface area contributed by atoms with Crippen LogP contribution >= 0.6 is 0 Å². The highest BCUT2D eigenvalue weighted by Crippen LogP contribution is 2.23. The zero-order valence-electron chi connectivity index (χ0n) is 11.9. The van der Waals surface area contributed by atoms with Crippen molar-refractivity contribution in [3.63, 3.8) is 0 Å². The summed E-state index contributed by atoms with van der Waals surface area (Å²) in [6, 6.07) is 13.4. The van der Waals surface area contributed by atoms with Gasteiger partial charge in [0, 0.05) is 25.7 Å². The first-order chi connectivity index (χ1) is 9.17. The molecule has 3 heteroatoms. The molecule has 1 heterocycles. The first-order valence-corrected chi connectivity index (χ1v) is 7.13. The van der Waals surface area contributed by atoms with Crippen molar-refractivity contribution in [2.45, 2.75) is 44.8 Å². The Kier molecular flexibility index (Phi) is 4.57. The van der Waals surface area contributed by atoms with Gasteiger partial charge < -0.3 is 0 Å². The molecule has 3 nitrogen and oxygen atoms in total. The van der Waals surface area contributed by atoms with Crippen molar-refractivity contribution in [2.75, 3.05) is 13.1 Å². The Morgan fingerprint density at radius 3 is 2.79 bits per heavy atom. The highest BCUT2D eigenvalue weighted by molar-refractivity contribution is 5.17. The summed E-state index contributed by atoms with van der Waals surface area (Å²) in [7, 11) is 0. The average Bonchev–Trinajstić information content (AvgIpc) is 2.83. The Balaban J connectivity index is 1.96. The summed E-state index contributed by atoms with van der Waals surface area (Å²) in [6.07, 6.45) is 1.97. The second-order valence-electron chi connectivity index (χ2n) is 5.59. The number of nitriles is 1. The molecule has 1 aliphatic rings. The summed E-state index contributed by atoms with van der Waals surface area (Å²) in [5, 5.41) is 13.0. The molecule has 0 bridgehead atoms. The zero-order chi connectivity index (χ0) is 13.7. The SMILES string of the molecule is CCC(C)NC1(C#N)CCN(Cc2ccccc2)C1. The molecule has 1 aromatic rings.